The van der Waals surface area contributed by atoms with Gasteiger partial charge < -0.3 is 5.11 Å². The molecule has 0 spiro atoms. The molecule has 0 aliphatic carbocycles. The lowest BCUT2D eigenvalue weighted by Crippen LogP contribution is -2.09. The first-order chi connectivity index (χ1) is 10.4. The summed E-state index contributed by atoms with van der Waals surface area (Å²) < 4.78 is 38.4. The third kappa shape index (κ3) is 3.63. The number of nitrogens with one attached hydrogen (secondary N) is 1. The van der Waals surface area contributed by atoms with Gasteiger partial charge in [0, 0.05) is 5.56 Å². The molecule has 2 aromatic carbocycles. The van der Waals surface area contributed by atoms with Crippen LogP contribution in [0.1, 0.15) is 21.5 Å². The van der Waals surface area contributed by atoms with Gasteiger partial charge in [-0.3, -0.25) is 5.43 Å². The first-order valence-electron chi connectivity index (χ1n) is 6.17. The number of aromatic carboxylic acids is 1. The average molecular weight is 308 g/mol. The molecule has 0 aromatic heterocycles. The number of carbonyl (C=O) groups is 1. The molecule has 0 aliphatic rings. The predicted molar refractivity (Wildman–Crippen MR) is 76.1 cm³/mol. The van der Waals surface area contributed by atoms with Crippen LogP contribution in [-0.4, -0.2) is 17.3 Å². The van der Waals surface area contributed by atoms with Crippen molar-refractivity contribution in [1.82, 2.24) is 0 Å². The molecule has 2 rings (SSSR count). The van der Waals surface area contributed by atoms with Crippen LogP contribution in [0.2, 0.25) is 0 Å². The number of carboxylic acids is 1. The fourth-order valence-corrected chi connectivity index (χ4v) is 1.81. The molecule has 2 N–H and O–H groups in total. The topological polar surface area (TPSA) is 61.7 Å². The maximum absolute atomic E-state index is 12.8. The Bertz CT molecular complexity index is 712. The number of para-hydroxylation sites is 1. The van der Waals surface area contributed by atoms with E-state index in [1.165, 1.54) is 36.4 Å². The molecule has 0 amide bonds. The van der Waals surface area contributed by atoms with Gasteiger partial charge in [-0.25, -0.2) is 4.79 Å². The van der Waals surface area contributed by atoms with Crippen molar-refractivity contribution < 1.29 is 23.1 Å². The number of hydrogen-bond acceptors (Lipinski definition) is 3. The van der Waals surface area contributed by atoms with Gasteiger partial charge in [-0.15, -0.1) is 0 Å². The quantitative estimate of drug-likeness (QED) is 0.666. The molecule has 0 fully saturated rings. The van der Waals surface area contributed by atoms with Crippen molar-refractivity contribution in [3.63, 3.8) is 0 Å². The number of nitrogens with zero attached hydrogens (tertiary/aromatic N) is 1. The highest BCUT2D eigenvalue weighted by atomic mass is 19.4. The van der Waals surface area contributed by atoms with Gasteiger partial charge in [-0.1, -0.05) is 30.3 Å². The molecule has 0 radical (unpaired) electrons. The Balaban J connectivity index is 2.23. The maximum atomic E-state index is 12.8. The van der Waals surface area contributed by atoms with E-state index in [0.29, 0.717) is 0 Å². The number of hydrogen-bond donors (Lipinski definition) is 2. The molecule has 7 heteroatoms. The second-order valence-electron chi connectivity index (χ2n) is 4.31. The van der Waals surface area contributed by atoms with E-state index < -0.39 is 17.7 Å². The van der Waals surface area contributed by atoms with Crippen molar-refractivity contribution in [2.75, 3.05) is 5.43 Å². The van der Waals surface area contributed by atoms with Gasteiger partial charge in [0.05, 0.1) is 23.0 Å². The summed E-state index contributed by atoms with van der Waals surface area (Å²) in [6.07, 6.45) is -3.48. The van der Waals surface area contributed by atoms with Crippen LogP contribution < -0.4 is 5.43 Å². The third-order valence-electron chi connectivity index (χ3n) is 2.81. The molecule has 0 heterocycles. The second kappa shape index (κ2) is 6.30. The molecule has 114 valence electrons. The minimum atomic E-state index is -4.48. The van der Waals surface area contributed by atoms with Gasteiger partial charge in [0.2, 0.25) is 0 Å². The number of hydrazone groups is 1. The highest BCUT2D eigenvalue weighted by Gasteiger charge is 2.32. The van der Waals surface area contributed by atoms with Gasteiger partial charge >= 0.3 is 12.1 Å². The lowest BCUT2D eigenvalue weighted by molar-refractivity contribution is -0.137. The summed E-state index contributed by atoms with van der Waals surface area (Å²) >= 11 is 0. The minimum absolute atomic E-state index is 0.0243. The molecular weight excluding hydrogens is 297 g/mol. The van der Waals surface area contributed by atoms with Gasteiger partial charge in [0.25, 0.3) is 0 Å². The van der Waals surface area contributed by atoms with E-state index in [9.17, 15) is 18.0 Å². The molecule has 0 bridgehead atoms. The molecular formula is C15H11F3N2O2. The standard InChI is InChI=1S/C15H11F3N2O2/c16-15(17,18)12-7-3-1-5-10(12)9-19-20-13-8-4-2-6-11(13)14(21)22/h1-9,20H,(H,21,22)/b19-9+. The number of halogens is 3. The van der Waals surface area contributed by atoms with E-state index in [2.05, 4.69) is 10.5 Å². The van der Waals surface area contributed by atoms with Crippen LogP contribution in [0, 0.1) is 0 Å². The Hall–Kier alpha value is -2.83. The highest BCUT2D eigenvalue weighted by molar-refractivity contribution is 5.94. The van der Waals surface area contributed by atoms with Crippen LogP contribution in [0.5, 0.6) is 0 Å². The Morgan fingerprint density at radius 1 is 1.09 bits per heavy atom. The Morgan fingerprint density at radius 2 is 1.73 bits per heavy atom. The maximum Gasteiger partial charge on any atom is 0.417 e. The van der Waals surface area contributed by atoms with E-state index >= 15 is 0 Å². The molecule has 2 aromatic rings. The molecule has 22 heavy (non-hydrogen) atoms. The predicted octanol–water partition coefficient (Wildman–Crippen LogP) is 3.85. The van der Waals surface area contributed by atoms with Crippen LogP contribution in [0.3, 0.4) is 0 Å². The first-order valence-corrected chi connectivity index (χ1v) is 6.17. The largest absolute Gasteiger partial charge is 0.478 e. The van der Waals surface area contributed by atoms with Crippen LogP contribution in [-0.2, 0) is 6.18 Å². The van der Waals surface area contributed by atoms with E-state index in [4.69, 9.17) is 5.11 Å². The Kier molecular flexibility index (Phi) is 4.45. The zero-order chi connectivity index (χ0) is 16.2. The average Bonchev–Trinajstić information content (AvgIpc) is 2.47. The van der Waals surface area contributed by atoms with E-state index in [1.807, 2.05) is 0 Å². The normalized spacial score (nSPS) is 11.6. The van der Waals surface area contributed by atoms with Crippen molar-refractivity contribution in [3.05, 3.63) is 65.2 Å². The van der Waals surface area contributed by atoms with Crippen LogP contribution in [0.4, 0.5) is 18.9 Å². The number of alkyl halides is 3. The van der Waals surface area contributed by atoms with Gasteiger partial charge in [0.15, 0.2) is 0 Å². The van der Waals surface area contributed by atoms with E-state index in [1.54, 1.807) is 6.07 Å². The summed E-state index contributed by atoms with van der Waals surface area (Å²) in [5, 5.41) is 12.7. The number of benzene rings is 2. The summed E-state index contributed by atoms with van der Waals surface area (Å²) in [5.74, 6) is -1.16. The fraction of sp³-hybridized carbons (Fsp3) is 0.0667. The van der Waals surface area contributed by atoms with Crippen LogP contribution in [0.25, 0.3) is 0 Å². The van der Waals surface area contributed by atoms with Crippen molar-refractivity contribution in [2.45, 2.75) is 6.18 Å². The van der Waals surface area contributed by atoms with Gasteiger partial charge in [-0.2, -0.15) is 18.3 Å². The van der Waals surface area contributed by atoms with E-state index in [-0.39, 0.29) is 16.8 Å². The highest BCUT2D eigenvalue weighted by Crippen LogP contribution is 2.31. The number of anilines is 1. The zero-order valence-electron chi connectivity index (χ0n) is 11.1. The van der Waals surface area contributed by atoms with Crippen molar-refractivity contribution in [1.29, 1.82) is 0 Å². The molecule has 0 saturated heterocycles. The second-order valence-corrected chi connectivity index (χ2v) is 4.31. The Morgan fingerprint density at radius 3 is 2.41 bits per heavy atom. The Labute approximate surface area is 123 Å². The SMILES string of the molecule is O=C(O)c1ccccc1N/N=C/c1ccccc1C(F)(F)F. The van der Waals surface area contributed by atoms with Crippen LogP contribution >= 0.6 is 0 Å². The van der Waals surface area contributed by atoms with Crippen molar-refractivity contribution in [3.8, 4) is 0 Å². The van der Waals surface area contributed by atoms with Gasteiger partial charge in [0.1, 0.15) is 0 Å². The summed E-state index contributed by atoms with van der Waals surface area (Å²) in [4.78, 5) is 11.0. The smallest absolute Gasteiger partial charge is 0.417 e. The van der Waals surface area contributed by atoms with Crippen molar-refractivity contribution in [2.24, 2.45) is 5.10 Å². The number of carboxylic acid groups (broad SMARTS) is 1. The number of rotatable bonds is 4. The lowest BCUT2D eigenvalue weighted by atomic mass is 10.1. The lowest BCUT2D eigenvalue weighted by Gasteiger charge is -2.09. The molecule has 4 nitrogen and oxygen atoms in total. The summed E-state index contributed by atoms with van der Waals surface area (Å²) in [7, 11) is 0. The molecule has 0 unspecified atom stereocenters. The first kappa shape index (κ1) is 15.6. The molecule has 0 atom stereocenters. The third-order valence-corrected chi connectivity index (χ3v) is 2.81. The minimum Gasteiger partial charge on any atom is -0.478 e. The molecule has 0 aliphatic heterocycles. The summed E-state index contributed by atoms with van der Waals surface area (Å²) in [6.45, 7) is 0. The monoisotopic (exact) mass is 308 g/mol. The molecule has 0 saturated carbocycles. The van der Waals surface area contributed by atoms with Crippen molar-refractivity contribution >= 4 is 17.9 Å². The summed E-state index contributed by atoms with van der Waals surface area (Å²) in [5.41, 5.74) is 1.68. The zero-order valence-corrected chi connectivity index (χ0v) is 11.1. The van der Waals surface area contributed by atoms with Gasteiger partial charge in [-0.05, 0) is 18.2 Å². The van der Waals surface area contributed by atoms with E-state index in [0.717, 1.165) is 12.3 Å². The summed E-state index contributed by atoms with van der Waals surface area (Å²) in [6, 6.07) is 10.9. The van der Waals surface area contributed by atoms with Crippen LogP contribution in [0.15, 0.2) is 53.6 Å². The fourth-order valence-electron chi connectivity index (χ4n) is 1.81.